The number of alkyl carbamates (subject to hydrolysis) is 1. The third-order valence-corrected chi connectivity index (χ3v) is 3.95. The summed E-state index contributed by atoms with van der Waals surface area (Å²) in [4.78, 5) is 11.7. The standard InChI is InChI=1S/C17H26N2O3/c1-13(8-9-21-2)18-15-10-16(11-15)19-17(20)22-12-14-6-4-3-5-7-14/h3-7,13,15-16,18H,8-12H2,1-2H3,(H,19,20). The van der Waals surface area contributed by atoms with Crippen molar-refractivity contribution in [3.63, 3.8) is 0 Å². The summed E-state index contributed by atoms with van der Waals surface area (Å²) in [5, 5.41) is 6.45. The summed E-state index contributed by atoms with van der Waals surface area (Å²) in [6, 6.07) is 10.8. The molecule has 5 nitrogen and oxygen atoms in total. The molecule has 2 rings (SSSR count). The molecular formula is C17H26N2O3. The molecule has 1 aliphatic rings. The molecule has 1 fully saturated rings. The highest BCUT2D eigenvalue weighted by molar-refractivity contribution is 5.67. The maximum Gasteiger partial charge on any atom is 0.407 e. The second-order valence-corrected chi connectivity index (χ2v) is 5.92. The Balaban J connectivity index is 1.56. The lowest BCUT2D eigenvalue weighted by Crippen LogP contribution is -2.54. The van der Waals surface area contributed by atoms with Gasteiger partial charge in [-0.15, -0.1) is 0 Å². The molecule has 1 aromatic carbocycles. The van der Waals surface area contributed by atoms with E-state index in [1.54, 1.807) is 7.11 Å². The molecule has 122 valence electrons. The number of methoxy groups -OCH3 is 1. The van der Waals surface area contributed by atoms with E-state index in [1.165, 1.54) is 0 Å². The van der Waals surface area contributed by atoms with Crippen LogP contribution in [0.25, 0.3) is 0 Å². The Morgan fingerprint density at radius 2 is 2.00 bits per heavy atom. The van der Waals surface area contributed by atoms with E-state index >= 15 is 0 Å². The zero-order valence-electron chi connectivity index (χ0n) is 13.4. The number of ether oxygens (including phenoxy) is 2. The van der Waals surface area contributed by atoms with Crippen LogP contribution in [0.15, 0.2) is 30.3 Å². The maximum absolute atomic E-state index is 11.7. The van der Waals surface area contributed by atoms with Gasteiger partial charge in [-0.1, -0.05) is 30.3 Å². The van der Waals surface area contributed by atoms with Gasteiger partial charge in [0.25, 0.3) is 0 Å². The van der Waals surface area contributed by atoms with Crippen LogP contribution in [-0.4, -0.2) is 37.9 Å². The summed E-state index contributed by atoms with van der Waals surface area (Å²) >= 11 is 0. The minimum absolute atomic E-state index is 0.218. The number of amides is 1. The molecule has 1 unspecified atom stereocenters. The lowest BCUT2D eigenvalue weighted by atomic mass is 9.86. The van der Waals surface area contributed by atoms with Crippen LogP contribution < -0.4 is 10.6 Å². The Hall–Kier alpha value is -1.59. The molecule has 0 radical (unpaired) electrons. The second kappa shape index (κ2) is 8.76. The van der Waals surface area contributed by atoms with Crippen LogP contribution in [0.4, 0.5) is 4.79 Å². The van der Waals surface area contributed by atoms with Crippen molar-refractivity contribution in [3.05, 3.63) is 35.9 Å². The molecule has 1 saturated carbocycles. The Morgan fingerprint density at radius 3 is 2.68 bits per heavy atom. The first-order chi connectivity index (χ1) is 10.7. The number of hydrogen-bond donors (Lipinski definition) is 2. The molecule has 0 spiro atoms. The van der Waals surface area contributed by atoms with Gasteiger partial charge in [0.2, 0.25) is 0 Å². The molecule has 1 aromatic rings. The van der Waals surface area contributed by atoms with Gasteiger partial charge in [0.1, 0.15) is 6.61 Å². The Bertz CT molecular complexity index is 446. The van der Waals surface area contributed by atoms with Crippen molar-refractivity contribution in [1.29, 1.82) is 0 Å². The minimum atomic E-state index is -0.334. The number of hydrogen-bond acceptors (Lipinski definition) is 4. The molecule has 0 aromatic heterocycles. The van der Waals surface area contributed by atoms with Crippen LogP contribution in [0.2, 0.25) is 0 Å². The van der Waals surface area contributed by atoms with Gasteiger partial charge in [-0.3, -0.25) is 0 Å². The van der Waals surface area contributed by atoms with E-state index in [2.05, 4.69) is 17.6 Å². The molecule has 0 bridgehead atoms. The second-order valence-electron chi connectivity index (χ2n) is 5.92. The van der Waals surface area contributed by atoms with Crippen molar-refractivity contribution >= 4 is 6.09 Å². The first-order valence-corrected chi connectivity index (χ1v) is 7.89. The number of carbonyl (C=O) groups is 1. The molecule has 22 heavy (non-hydrogen) atoms. The van der Waals surface area contributed by atoms with E-state index in [9.17, 15) is 4.79 Å². The molecule has 1 aliphatic carbocycles. The van der Waals surface area contributed by atoms with E-state index in [0.717, 1.165) is 31.4 Å². The van der Waals surface area contributed by atoms with Gasteiger partial charge in [0, 0.05) is 31.8 Å². The van der Waals surface area contributed by atoms with Gasteiger partial charge in [-0.05, 0) is 31.7 Å². The van der Waals surface area contributed by atoms with Crippen LogP contribution in [-0.2, 0) is 16.1 Å². The van der Waals surface area contributed by atoms with Crippen LogP contribution in [0.3, 0.4) is 0 Å². The normalized spacial score (nSPS) is 21.7. The van der Waals surface area contributed by atoms with Gasteiger partial charge in [0.15, 0.2) is 0 Å². The van der Waals surface area contributed by atoms with Crippen molar-refractivity contribution < 1.29 is 14.3 Å². The van der Waals surface area contributed by atoms with Crippen LogP contribution in [0, 0.1) is 0 Å². The van der Waals surface area contributed by atoms with E-state index in [0.29, 0.717) is 18.7 Å². The summed E-state index contributed by atoms with van der Waals surface area (Å²) in [5.74, 6) is 0. The van der Waals surface area contributed by atoms with Gasteiger partial charge in [0.05, 0.1) is 0 Å². The third-order valence-electron chi connectivity index (χ3n) is 3.95. The zero-order chi connectivity index (χ0) is 15.8. The van der Waals surface area contributed by atoms with Crippen LogP contribution >= 0.6 is 0 Å². The first kappa shape index (κ1) is 16.8. The summed E-state index contributed by atoms with van der Waals surface area (Å²) in [6.45, 7) is 3.25. The van der Waals surface area contributed by atoms with Crippen LogP contribution in [0.1, 0.15) is 31.7 Å². The SMILES string of the molecule is COCCC(C)NC1CC(NC(=O)OCc2ccccc2)C1. The van der Waals surface area contributed by atoms with Crippen molar-refractivity contribution in [2.75, 3.05) is 13.7 Å². The van der Waals surface area contributed by atoms with E-state index < -0.39 is 0 Å². The third kappa shape index (κ3) is 5.66. The Morgan fingerprint density at radius 1 is 1.27 bits per heavy atom. The largest absolute Gasteiger partial charge is 0.445 e. The van der Waals surface area contributed by atoms with Crippen molar-refractivity contribution in [1.82, 2.24) is 10.6 Å². The van der Waals surface area contributed by atoms with Crippen molar-refractivity contribution in [2.24, 2.45) is 0 Å². The predicted octanol–water partition coefficient (Wildman–Crippen LogP) is 2.46. The van der Waals surface area contributed by atoms with E-state index in [1.807, 2.05) is 30.3 Å². The van der Waals surface area contributed by atoms with Crippen molar-refractivity contribution in [3.8, 4) is 0 Å². The highest BCUT2D eigenvalue weighted by Crippen LogP contribution is 2.21. The predicted molar refractivity (Wildman–Crippen MR) is 85.7 cm³/mol. The quantitative estimate of drug-likeness (QED) is 0.774. The monoisotopic (exact) mass is 306 g/mol. The Labute approximate surface area is 132 Å². The fourth-order valence-electron chi connectivity index (χ4n) is 2.58. The highest BCUT2D eigenvalue weighted by atomic mass is 16.5. The van der Waals surface area contributed by atoms with Gasteiger partial charge < -0.3 is 20.1 Å². The lowest BCUT2D eigenvalue weighted by Gasteiger charge is -2.37. The molecule has 0 saturated heterocycles. The Kier molecular flexibility index (Phi) is 6.68. The number of benzene rings is 1. The number of rotatable bonds is 8. The molecule has 1 amide bonds. The molecule has 0 heterocycles. The van der Waals surface area contributed by atoms with E-state index in [4.69, 9.17) is 9.47 Å². The first-order valence-electron chi connectivity index (χ1n) is 7.89. The number of nitrogens with one attached hydrogen (secondary N) is 2. The van der Waals surface area contributed by atoms with Crippen LogP contribution in [0.5, 0.6) is 0 Å². The molecule has 0 aliphatic heterocycles. The molecule has 2 N–H and O–H groups in total. The molecule has 1 atom stereocenters. The van der Waals surface area contributed by atoms with E-state index in [-0.39, 0.29) is 12.1 Å². The summed E-state index contributed by atoms with van der Waals surface area (Å²) < 4.78 is 10.3. The average Bonchev–Trinajstić information content (AvgIpc) is 2.50. The average molecular weight is 306 g/mol. The fraction of sp³-hybridized carbons (Fsp3) is 0.588. The fourth-order valence-corrected chi connectivity index (χ4v) is 2.58. The molecular weight excluding hydrogens is 280 g/mol. The highest BCUT2D eigenvalue weighted by Gasteiger charge is 2.31. The summed E-state index contributed by atoms with van der Waals surface area (Å²) in [5.41, 5.74) is 0.998. The van der Waals surface area contributed by atoms with Gasteiger partial charge in [-0.25, -0.2) is 4.79 Å². The number of carbonyl (C=O) groups excluding carboxylic acids is 1. The lowest BCUT2D eigenvalue weighted by molar-refractivity contribution is 0.123. The topological polar surface area (TPSA) is 59.6 Å². The summed E-state index contributed by atoms with van der Waals surface area (Å²) in [6.07, 6.45) is 2.58. The van der Waals surface area contributed by atoms with Gasteiger partial charge in [-0.2, -0.15) is 0 Å². The van der Waals surface area contributed by atoms with Crippen molar-refractivity contribution in [2.45, 2.75) is 50.9 Å². The zero-order valence-corrected chi connectivity index (χ0v) is 13.4. The maximum atomic E-state index is 11.7. The molecule has 5 heteroatoms. The smallest absolute Gasteiger partial charge is 0.407 e. The van der Waals surface area contributed by atoms with Gasteiger partial charge >= 0.3 is 6.09 Å². The minimum Gasteiger partial charge on any atom is -0.445 e. The summed E-state index contributed by atoms with van der Waals surface area (Å²) in [7, 11) is 1.72.